The van der Waals surface area contributed by atoms with Gasteiger partial charge in [0.15, 0.2) is 0 Å². The molecule has 3 rings (SSSR count). The van der Waals surface area contributed by atoms with Crippen LogP contribution in [0.2, 0.25) is 0 Å². The summed E-state index contributed by atoms with van der Waals surface area (Å²) in [6.45, 7) is 0.284. The normalized spacial score (nSPS) is 17.1. The number of rotatable bonds is 14. The molecule has 1 aliphatic rings. The number of hydrogen-bond donors (Lipinski definition) is 1. The van der Waals surface area contributed by atoms with Crippen LogP contribution in [0.25, 0.3) is 0 Å². The number of nitrogens with zero attached hydrogens (tertiary/aromatic N) is 3. The van der Waals surface area contributed by atoms with Crippen LogP contribution in [0.15, 0.2) is 59.5 Å². The maximum Gasteiger partial charge on any atom is 0.243 e. The summed E-state index contributed by atoms with van der Waals surface area (Å²) in [5, 5.41) is 32.7. The van der Waals surface area contributed by atoms with Gasteiger partial charge >= 0.3 is 0 Å². The first-order valence-corrected chi connectivity index (χ1v) is 14.0. The summed E-state index contributed by atoms with van der Waals surface area (Å²) in [4.78, 5) is 13.4. The van der Waals surface area contributed by atoms with Crippen molar-refractivity contribution in [1.29, 1.82) is 5.26 Å². The number of aliphatic hydroxyl groups is 1. The van der Waals surface area contributed by atoms with Crippen LogP contribution in [-0.4, -0.2) is 80.4 Å². The Morgan fingerprint density at radius 1 is 1.21 bits per heavy atom. The zero-order chi connectivity index (χ0) is 27.5. The van der Waals surface area contributed by atoms with Gasteiger partial charge in [-0.25, -0.2) is 8.42 Å². The summed E-state index contributed by atoms with van der Waals surface area (Å²) in [5.41, 5.74) is 0.792. The third-order valence-electron chi connectivity index (χ3n) is 6.63. The highest BCUT2D eigenvalue weighted by atomic mass is 32.2. The lowest BCUT2D eigenvalue weighted by molar-refractivity contribution is -0.272. The molecule has 1 N–H and O–H groups in total. The Balaban J connectivity index is 1.92. The molecule has 0 spiro atoms. The highest BCUT2D eigenvalue weighted by molar-refractivity contribution is 7.89. The second kappa shape index (κ2) is 14.1. The molecule has 1 aliphatic heterocycles. The predicted octanol–water partition coefficient (Wildman–Crippen LogP) is 1.79. The van der Waals surface area contributed by atoms with Crippen LogP contribution in [-0.2, 0) is 21.2 Å². The van der Waals surface area contributed by atoms with Crippen molar-refractivity contribution in [1.82, 2.24) is 9.21 Å². The fourth-order valence-electron chi connectivity index (χ4n) is 4.60. The predicted molar refractivity (Wildman–Crippen MR) is 138 cm³/mol. The second-order valence-electron chi connectivity index (χ2n) is 9.17. The zero-order valence-corrected chi connectivity index (χ0v) is 22.3. The maximum absolute atomic E-state index is 13.6. The minimum absolute atomic E-state index is 0.0198. The monoisotopic (exact) mass is 544 g/mol. The van der Waals surface area contributed by atoms with Gasteiger partial charge in [0, 0.05) is 26.1 Å². The maximum atomic E-state index is 13.6. The van der Waals surface area contributed by atoms with Crippen LogP contribution in [0.1, 0.15) is 31.2 Å². The van der Waals surface area contributed by atoms with E-state index in [2.05, 4.69) is 0 Å². The molecule has 0 aliphatic carbocycles. The molecule has 10 nitrogen and oxygen atoms in total. The molecular formula is C27H34N3O7S-. The first kappa shape index (κ1) is 29.4. The number of carbonyl (C=O) groups excluding carboxylic acids is 1. The molecule has 2 aromatic rings. The molecule has 206 valence electrons. The first-order valence-electron chi connectivity index (χ1n) is 12.6. The number of sulfonamides is 1. The highest BCUT2D eigenvalue weighted by Gasteiger charge is 2.36. The van der Waals surface area contributed by atoms with Crippen molar-refractivity contribution in [2.45, 2.75) is 55.2 Å². The quantitative estimate of drug-likeness (QED) is 0.355. The largest absolute Gasteiger partial charge is 0.530 e. The molecule has 38 heavy (non-hydrogen) atoms. The zero-order valence-electron chi connectivity index (χ0n) is 21.4. The van der Waals surface area contributed by atoms with Crippen molar-refractivity contribution in [3.8, 4) is 11.8 Å². The van der Waals surface area contributed by atoms with E-state index in [4.69, 9.17) is 14.7 Å². The average Bonchev–Trinajstić information content (AvgIpc) is 3.44. The van der Waals surface area contributed by atoms with Crippen LogP contribution < -0.4 is 9.84 Å². The molecule has 1 amide bonds. The van der Waals surface area contributed by atoms with Gasteiger partial charge in [-0.2, -0.15) is 9.57 Å². The number of aliphatic hydroxyl groups excluding tert-OH is 1. The SMILES string of the molecule is COc1ccc(S(=O)(=O)N(CCCCC#N)C[C@@H](O)[C@H](Cc2ccccc2)N(C(=O)[O-])[C@H]2CCOC2)cc1. The number of amides is 1. The molecule has 1 saturated heterocycles. The van der Waals surface area contributed by atoms with Gasteiger partial charge in [0.05, 0.1) is 42.9 Å². The van der Waals surface area contributed by atoms with E-state index in [1.807, 2.05) is 36.4 Å². The standard InChI is InChI=1S/C27H35N3O7S/c1-36-23-10-12-24(13-11-23)38(34,35)29(16-7-3-6-15-28)19-26(31)25(18-21-8-4-2-5-9-21)30(27(32)33)22-14-17-37-20-22/h2,4-5,8-13,22,25-26,31H,3,6-7,14,16-20H2,1H3,(H,32,33)/p-1/t22-,25-,26+/m0/s1. The van der Waals surface area contributed by atoms with Gasteiger partial charge in [-0.3, -0.25) is 0 Å². The van der Waals surface area contributed by atoms with Crippen LogP contribution in [0.5, 0.6) is 5.75 Å². The van der Waals surface area contributed by atoms with E-state index in [0.29, 0.717) is 31.6 Å². The molecule has 0 radical (unpaired) electrons. The third kappa shape index (κ3) is 7.68. The minimum atomic E-state index is -4.05. The Morgan fingerprint density at radius 2 is 1.92 bits per heavy atom. The van der Waals surface area contributed by atoms with Crippen molar-refractivity contribution in [2.75, 3.05) is 33.4 Å². The van der Waals surface area contributed by atoms with Crippen LogP contribution in [0, 0.1) is 11.3 Å². The Labute approximate surface area is 224 Å². The Bertz CT molecular complexity index is 1160. The molecule has 1 heterocycles. The summed E-state index contributed by atoms with van der Waals surface area (Å²) >= 11 is 0. The summed E-state index contributed by atoms with van der Waals surface area (Å²) in [5.74, 6) is 0.496. The lowest BCUT2D eigenvalue weighted by Crippen LogP contribution is -2.59. The van der Waals surface area contributed by atoms with Crippen molar-refractivity contribution in [3.05, 3.63) is 60.2 Å². The minimum Gasteiger partial charge on any atom is -0.530 e. The third-order valence-corrected chi connectivity index (χ3v) is 8.51. The molecule has 0 bridgehead atoms. The van der Waals surface area contributed by atoms with E-state index in [0.717, 1.165) is 14.8 Å². The highest BCUT2D eigenvalue weighted by Crippen LogP contribution is 2.24. The van der Waals surface area contributed by atoms with Crippen molar-refractivity contribution in [3.63, 3.8) is 0 Å². The van der Waals surface area contributed by atoms with Gasteiger partial charge in [0.25, 0.3) is 0 Å². The average molecular weight is 545 g/mol. The van der Waals surface area contributed by atoms with E-state index in [9.17, 15) is 23.4 Å². The lowest BCUT2D eigenvalue weighted by Gasteiger charge is -2.41. The van der Waals surface area contributed by atoms with E-state index >= 15 is 0 Å². The van der Waals surface area contributed by atoms with E-state index in [-0.39, 0.29) is 37.4 Å². The second-order valence-corrected chi connectivity index (χ2v) is 11.1. The summed E-state index contributed by atoms with van der Waals surface area (Å²) < 4.78 is 38.9. The van der Waals surface area contributed by atoms with Crippen LogP contribution in [0.3, 0.4) is 0 Å². The molecule has 1 fully saturated rings. The lowest BCUT2D eigenvalue weighted by atomic mass is 9.97. The number of hydrogen-bond acceptors (Lipinski definition) is 8. The van der Waals surface area contributed by atoms with Gasteiger partial charge in [-0.15, -0.1) is 0 Å². The molecular weight excluding hydrogens is 510 g/mol. The van der Waals surface area contributed by atoms with Gasteiger partial charge in [0.2, 0.25) is 10.0 Å². The number of ether oxygens (including phenoxy) is 2. The van der Waals surface area contributed by atoms with Gasteiger partial charge in [0.1, 0.15) is 11.8 Å². The molecule has 3 atom stereocenters. The van der Waals surface area contributed by atoms with E-state index in [1.165, 1.54) is 31.4 Å². The molecule has 0 saturated carbocycles. The Kier molecular flexibility index (Phi) is 10.9. The summed E-state index contributed by atoms with van der Waals surface area (Å²) in [7, 11) is -2.57. The van der Waals surface area contributed by atoms with Gasteiger partial charge in [-0.1, -0.05) is 30.3 Å². The smallest absolute Gasteiger partial charge is 0.243 e. The van der Waals surface area contributed by atoms with E-state index < -0.39 is 34.3 Å². The van der Waals surface area contributed by atoms with Gasteiger partial charge in [-0.05, 0) is 55.5 Å². The molecule has 0 aromatic heterocycles. The van der Waals surface area contributed by atoms with Crippen LogP contribution >= 0.6 is 0 Å². The molecule has 11 heteroatoms. The Hall–Kier alpha value is -3.17. The topological polar surface area (TPSA) is 143 Å². The van der Waals surface area contributed by atoms with Gasteiger partial charge < -0.3 is 29.4 Å². The van der Waals surface area contributed by atoms with Crippen molar-refractivity contribution < 1.29 is 32.9 Å². The fourth-order valence-corrected chi connectivity index (χ4v) is 6.10. The van der Waals surface area contributed by atoms with Crippen molar-refractivity contribution >= 4 is 16.1 Å². The number of carboxylic acid groups (broad SMARTS) is 1. The number of benzene rings is 2. The first-order chi connectivity index (χ1) is 18.3. The van der Waals surface area contributed by atoms with E-state index in [1.54, 1.807) is 0 Å². The fraction of sp³-hybridized carbons (Fsp3) is 0.481. The summed E-state index contributed by atoms with van der Waals surface area (Å²) in [6, 6.07) is 15.6. The number of methoxy groups -OCH3 is 1. The molecule has 2 aromatic carbocycles. The molecule has 0 unspecified atom stereocenters. The summed E-state index contributed by atoms with van der Waals surface area (Å²) in [6.07, 6.45) is -1.03. The van der Waals surface area contributed by atoms with Crippen molar-refractivity contribution in [2.24, 2.45) is 0 Å². The number of carbonyl (C=O) groups is 1. The number of unbranched alkanes of at least 4 members (excludes halogenated alkanes) is 2. The Morgan fingerprint density at radius 3 is 2.50 bits per heavy atom. The van der Waals surface area contributed by atoms with Crippen LogP contribution in [0.4, 0.5) is 4.79 Å². The number of nitriles is 1.